The molecule has 28 atom stereocenters. The van der Waals surface area contributed by atoms with E-state index >= 15 is 0 Å². The van der Waals surface area contributed by atoms with Gasteiger partial charge in [-0.05, 0) is 6.92 Å². The first kappa shape index (κ1) is 86.4. The van der Waals surface area contributed by atoms with Gasteiger partial charge in [0.2, 0.25) is 5.79 Å². The summed E-state index contributed by atoms with van der Waals surface area (Å²) in [4.78, 5) is 4.24. The first-order valence-electron chi connectivity index (χ1n) is 34.9. The van der Waals surface area contributed by atoms with Gasteiger partial charge in [-0.25, -0.2) is 23.4 Å². The van der Waals surface area contributed by atoms with Crippen molar-refractivity contribution in [1.82, 2.24) is 75.0 Å². The summed E-state index contributed by atoms with van der Waals surface area (Å²) in [6.45, 7) is 0.147. The lowest BCUT2D eigenvalue weighted by Crippen LogP contribution is -2.61. The highest BCUT2D eigenvalue weighted by Gasteiger charge is 2.60. The van der Waals surface area contributed by atoms with E-state index in [4.69, 9.17) is 107 Å². The summed E-state index contributed by atoms with van der Waals surface area (Å²) in [6, 6.07) is 0. The molecule has 6 fully saturated rings. The number of aliphatic hydroxyl groups excluding tert-OH is 16. The number of aromatic nitrogens is 15. The van der Waals surface area contributed by atoms with Crippen LogP contribution in [0.5, 0.6) is 0 Å². The molecule has 0 aromatic carbocycles. The molecule has 11 rings (SSSR count). The van der Waals surface area contributed by atoms with Gasteiger partial charge in [-0.15, -0.1) is 60.3 Å². The zero-order valence-corrected chi connectivity index (χ0v) is 61.4. The summed E-state index contributed by atoms with van der Waals surface area (Å²) in [5, 5.41) is 211. The second kappa shape index (κ2) is 39.4. The van der Waals surface area contributed by atoms with Crippen LogP contribution in [0.1, 0.15) is 35.4 Å². The molecule has 11 heterocycles. The number of aliphatic hydroxyl groups is 16. The highest BCUT2D eigenvalue weighted by molar-refractivity contribution is 6.31. The average Bonchev–Trinajstić information content (AvgIpc) is 1.63. The molecule has 18 N–H and O–H groups in total. The lowest BCUT2D eigenvalue weighted by atomic mass is 9.99. The molecule has 111 heavy (non-hydrogen) atoms. The van der Waals surface area contributed by atoms with E-state index < -0.39 is 189 Å². The Balaban J connectivity index is 0.524. The van der Waals surface area contributed by atoms with Gasteiger partial charge < -0.3 is 154 Å². The number of rotatable bonds is 39. The molecule has 0 aliphatic carbocycles. The number of aliphatic imine (C=N–C) groups is 1. The highest BCUT2D eigenvalue weighted by atomic mass is 35.5. The normalized spacial score (nSPS) is 37.0. The number of hydrazone groups is 1. The van der Waals surface area contributed by atoms with Gasteiger partial charge in [-0.1, -0.05) is 26.1 Å². The Morgan fingerprint density at radius 2 is 0.865 bits per heavy atom. The molecule has 0 unspecified atom stereocenters. The van der Waals surface area contributed by atoms with Crippen LogP contribution in [0.2, 0.25) is 0 Å². The van der Waals surface area contributed by atoms with E-state index in [9.17, 15) is 81.7 Å². The number of ether oxygens (including phenoxy) is 14. The van der Waals surface area contributed by atoms with Crippen LogP contribution in [-0.4, -0.2) is 397 Å². The SMILES string of the molecule is C[C@@]1(O[C@H]2O[C@H](CO)[C@H](Cl)[C@H](O)[C@H]2O)O[C@H](Cn2cc(COCc3cn(C[C@H]4O[C@H](OCc5cn(CCOCCOCCN=CC(CO[C@H]6O[C@H](Cn7cc(COCc8cn(C[C@H]9O[C@@](CCl)(O[C@H]%10O[C@H](CO)[C@H](Cl)[C@H](O)[C@H]%10O)[C@@H](O)[C@@H]9O)nn8)nn7)[C@@H](O)[C@H](O)[C@@H]6O)=NN)nn5)[C@@H](O)[C@@H](O)[C@@H]4O)nn3)nn2)[C@@H](O)[C@@H]1O. The Morgan fingerprint density at radius 3 is 1.34 bits per heavy atom. The predicted molar refractivity (Wildman–Crippen MR) is 360 cm³/mol. The van der Waals surface area contributed by atoms with Crippen LogP contribution >= 0.6 is 34.8 Å². The average molecular weight is 1650 g/mol. The number of hydrogen-bond acceptors (Lipinski definition) is 43. The van der Waals surface area contributed by atoms with Crippen molar-refractivity contribution in [3.05, 3.63) is 59.5 Å². The Bertz CT molecular complexity index is 3730. The van der Waals surface area contributed by atoms with Crippen molar-refractivity contribution in [2.45, 2.75) is 242 Å². The van der Waals surface area contributed by atoms with Gasteiger partial charge >= 0.3 is 0 Å². The standard InChI is InChI=1S/C60H91Cl3N18O30/c1-59(110-57-49(92)45(88)39(62)37(18-82)106-57)53(96)43(86)35(108-59)16-80-12-30(69-75-80)22-100-20-29-11-79(74-68-29)15-34-42(85)48(91)52(95)56(105-34)103-25-32-9-77(72-71-32)3-5-99-7-6-98-4-2-65-8-27(66-64)24-102-55-51(94)47(90)41(84)33(104-55)14-78-10-28(67-73-78)21-101-23-31-13-81(76-70-31)17-36-44(87)54(97)60(26-61,109-36)111-58-50(93)46(89)40(63)38(19-83)107-58/h8-13,33-58,82-97H,2-7,14-26,64H2,1H3/t33-,34-,35-,36-,37-,38-,39+,40+,41-,42-,43-,44-,45+,46+,47+,48+,49-,50-,51+,52+,53+,54+,55+,56+,57-,58-,59+,60+/m1/s1. The van der Waals surface area contributed by atoms with E-state index in [0.29, 0.717) is 35.0 Å². The molecule has 0 amide bonds. The van der Waals surface area contributed by atoms with Gasteiger partial charge in [0.25, 0.3) is 0 Å². The number of hydrogen-bond donors (Lipinski definition) is 17. The third-order valence-electron chi connectivity index (χ3n) is 18.7. The molecule has 622 valence electrons. The van der Waals surface area contributed by atoms with E-state index in [1.165, 1.54) is 61.3 Å². The summed E-state index contributed by atoms with van der Waals surface area (Å²) >= 11 is 18.3. The summed E-state index contributed by atoms with van der Waals surface area (Å²) in [5.74, 6) is 0.970. The molecule has 5 aromatic rings. The molecular formula is C60H91Cl3N18O30. The van der Waals surface area contributed by atoms with E-state index in [1.807, 2.05) is 0 Å². The van der Waals surface area contributed by atoms with E-state index in [0.717, 1.165) is 0 Å². The van der Waals surface area contributed by atoms with Crippen molar-refractivity contribution < 1.29 is 148 Å². The lowest BCUT2D eigenvalue weighted by molar-refractivity contribution is -0.360. The van der Waals surface area contributed by atoms with Crippen LogP contribution < -0.4 is 5.84 Å². The highest BCUT2D eigenvalue weighted by Crippen LogP contribution is 2.40. The van der Waals surface area contributed by atoms with Gasteiger partial charge in [-0.3, -0.25) is 4.99 Å². The third kappa shape index (κ3) is 21.2. The molecule has 51 heteroatoms. The van der Waals surface area contributed by atoms with Crippen LogP contribution in [0.3, 0.4) is 0 Å². The number of nitrogens with two attached hydrogens (primary N) is 1. The Morgan fingerprint density at radius 1 is 0.459 bits per heavy atom. The predicted octanol–water partition coefficient (Wildman–Crippen LogP) is -10.9. The second-order valence-electron chi connectivity index (χ2n) is 26.9. The van der Waals surface area contributed by atoms with E-state index in [1.54, 1.807) is 6.20 Å². The van der Waals surface area contributed by atoms with Crippen molar-refractivity contribution in [2.75, 3.05) is 58.7 Å². The number of nitrogens with zero attached hydrogens (tertiary/aromatic N) is 17. The van der Waals surface area contributed by atoms with E-state index in [2.05, 4.69) is 61.7 Å². The molecule has 0 spiro atoms. The van der Waals surface area contributed by atoms with Crippen LogP contribution in [0.4, 0.5) is 0 Å². The second-order valence-corrected chi connectivity index (χ2v) is 28.2. The quantitative estimate of drug-likeness (QED) is 0.00571. The van der Waals surface area contributed by atoms with Crippen molar-refractivity contribution in [3.8, 4) is 0 Å². The third-order valence-corrected chi connectivity index (χ3v) is 20.2. The molecule has 0 bridgehead atoms. The smallest absolute Gasteiger partial charge is 0.214 e. The van der Waals surface area contributed by atoms with Crippen molar-refractivity contribution in [3.63, 3.8) is 0 Å². The first-order valence-corrected chi connectivity index (χ1v) is 36.3. The van der Waals surface area contributed by atoms with Gasteiger partial charge in [0.05, 0.1) is 166 Å². The summed E-state index contributed by atoms with van der Waals surface area (Å²) < 4.78 is 87.0. The summed E-state index contributed by atoms with van der Waals surface area (Å²) in [7, 11) is 0. The van der Waals surface area contributed by atoms with Gasteiger partial charge in [0.1, 0.15) is 156 Å². The fourth-order valence-corrected chi connectivity index (χ4v) is 13.4. The summed E-state index contributed by atoms with van der Waals surface area (Å²) in [5.41, 5.74) is 1.92. The zero-order valence-electron chi connectivity index (χ0n) is 59.1. The minimum absolute atomic E-state index is 0.0459. The van der Waals surface area contributed by atoms with Crippen LogP contribution in [-0.2, 0) is 132 Å². The van der Waals surface area contributed by atoms with Crippen molar-refractivity contribution >= 4 is 46.7 Å². The number of alkyl halides is 3. The Kier molecular flexibility index (Phi) is 30.7. The zero-order chi connectivity index (χ0) is 79.4. The van der Waals surface area contributed by atoms with E-state index in [-0.39, 0.29) is 105 Å². The van der Waals surface area contributed by atoms with Crippen molar-refractivity contribution in [1.29, 1.82) is 0 Å². The Hall–Kier alpha value is -5.49. The maximum Gasteiger partial charge on any atom is 0.214 e. The maximum absolute atomic E-state index is 11.0. The van der Waals surface area contributed by atoms with Gasteiger partial charge in [0, 0.05) is 6.21 Å². The molecule has 6 aliphatic rings. The van der Waals surface area contributed by atoms with Crippen LogP contribution in [0, 0.1) is 0 Å². The lowest BCUT2D eigenvalue weighted by Gasteiger charge is -2.43. The molecule has 6 saturated heterocycles. The molecule has 48 nitrogen and oxygen atoms in total. The fraction of sp³-hybridized carbons (Fsp3) is 0.800. The van der Waals surface area contributed by atoms with Gasteiger partial charge in [-0.2, -0.15) is 5.10 Å². The largest absolute Gasteiger partial charge is 0.394 e. The molecular weight excluding hydrogens is 1560 g/mol. The molecule has 0 saturated carbocycles. The molecule has 5 aromatic heterocycles. The number of halogens is 3. The first-order chi connectivity index (χ1) is 53.2. The van der Waals surface area contributed by atoms with Crippen LogP contribution in [0.25, 0.3) is 0 Å². The minimum atomic E-state index is -2.12. The Labute approximate surface area is 643 Å². The van der Waals surface area contributed by atoms with Crippen molar-refractivity contribution in [2.24, 2.45) is 15.9 Å². The minimum Gasteiger partial charge on any atom is -0.394 e. The summed E-state index contributed by atoms with van der Waals surface area (Å²) in [6.07, 6.45) is -26.7. The fourth-order valence-electron chi connectivity index (χ4n) is 12.5. The van der Waals surface area contributed by atoms with Crippen LogP contribution in [0.15, 0.2) is 41.1 Å². The maximum atomic E-state index is 11.0. The van der Waals surface area contributed by atoms with Gasteiger partial charge in [0.15, 0.2) is 30.9 Å². The molecule has 0 radical (unpaired) electrons. The topological polar surface area (TPSA) is 657 Å². The monoisotopic (exact) mass is 1650 g/mol. The molecule has 6 aliphatic heterocycles.